The highest BCUT2D eigenvalue weighted by atomic mass is 16.6. The quantitative estimate of drug-likeness (QED) is 0.461. The van der Waals surface area contributed by atoms with Gasteiger partial charge in [0.15, 0.2) is 0 Å². The molecule has 2 atom stereocenters. The van der Waals surface area contributed by atoms with Crippen molar-refractivity contribution in [2.45, 2.75) is 31.8 Å². The van der Waals surface area contributed by atoms with E-state index in [0.717, 1.165) is 6.42 Å². The summed E-state index contributed by atoms with van der Waals surface area (Å²) in [6.45, 7) is -0.180. The number of aliphatic hydroxyl groups excluding tert-OH is 1. The van der Waals surface area contributed by atoms with Crippen LogP contribution in [-0.2, 0) is 14.3 Å². The Morgan fingerprint density at radius 1 is 1.54 bits per heavy atom. The maximum Gasteiger partial charge on any atom is 0.320 e. The number of aliphatic hydroxyl groups is 1. The van der Waals surface area contributed by atoms with E-state index in [4.69, 9.17) is 9.84 Å². The van der Waals surface area contributed by atoms with E-state index in [1.807, 2.05) is 0 Å². The Morgan fingerprint density at radius 2 is 2.31 bits per heavy atom. The van der Waals surface area contributed by atoms with Crippen LogP contribution in [0, 0.1) is 5.41 Å². The molecule has 0 aromatic heterocycles. The fourth-order valence-corrected chi connectivity index (χ4v) is 2.24. The first kappa shape index (κ1) is 8.69. The van der Waals surface area contributed by atoms with E-state index in [1.165, 1.54) is 0 Å². The second kappa shape index (κ2) is 2.80. The van der Waals surface area contributed by atoms with Crippen molar-refractivity contribution in [2.24, 2.45) is 5.41 Å². The molecule has 1 N–H and O–H groups in total. The third-order valence-electron chi connectivity index (χ3n) is 2.99. The number of ketones is 1. The molecule has 0 aromatic rings. The molecule has 1 aliphatic heterocycles. The number of carbonyl (C=O) groups is 2. The minimum Gasteiger partial charge on any atom is -0.459 e. The second-order valence-electron chi connectivity index (χ2n) is 3.77. The molecule has 1 saturated carbocycles. The van der Waals surface area contributed by atoms with Gasteiger partial charge in [-0.05, 0) is 12.8 Å². The third-order valence-corrected chi connectivity index (χ3v) is 2.99. The predicted octanol–water partition coefficient (Wildman–Crippen LogP) is 0.0336. The maximum absolute atomic E-state index is 11.5. The van der Waals surface area contributed by atoms with Gasteiger partial charge >= 0.3 is 5.97 Å². The average molecular weight is 184 g/mol. The van der Waals surface area contributed by atoms with Crippen LogP contribution in [0.1, 0.15) is 25.7 Å². The lowest BCUT2D eigenvalue weighted by atomic mass is 9.82. The molecule has 1 saturated heterocycles. The average Bonchev–Trinajstić information content (AvgIpc) is 2.62. The normalized spacial score (nSPS) is 38.7. The lowest BCUT2D eigenvalue weighted by molar-refractivity contribution is -0.152. The van der Waals surface area contributed by atoms with Crippen molar-refractivity contribution >= 4 is 11.8 Å². The Balaban J connectivity index is 2.23. The van der Waals surface area contributed by atoms with Gasteiger partial charge in [0.05, 0.1) is 6.61 Å². The van der Waals surface area contributed by atoms with Gasteiger partial charge in [0.25, 0.3) is 0 Å². The number of cyclic esters (lactones) is 1. The van der Waals surface area contributed by atoms with E-state index in [1.54, 1.807) is 0 Å². The van der Waals surface area contributed by atoms with Crippen LogP contribution in [0.3, 0.4) is 0 Å². The molecule has 0 radical (unpaired) electrons. The zero-order chi connectivity index (χ0) is 9.47. The van der Waals surface area contributed by atoms with E-state index in [-0.39, 0.29) is 12.4 Å². The van der Waals surface area contributed by atoms with Crippen molar-refractivity contribution in [1.82, 2.24) is 0 Å². The van der Waals surface area contributed by atoms with Crippen molar-refractivity contribution in [3.8, 4) is 0 Å². The molecule has 0 amide bonds. The van der Waals surface area contributed by atoms with Crippen LogP contribution in [0.2, 0.25) is 0 Å². The molecular formula is C9H12O4. The molecule has 1 spiro atoms. The summed E-state index contributed by atoms with van der Waals surface area (Å²) in [5.74, 6) is -0.428. The highest BCUT2D eigenvalue weighted by Crippen LogP contribution is 2.44. The highest BCUT2D eigenvalue weighted by molar-refractivity contribution is 6.06. The van der Waals surface area contributed by atoms with Crippen molar-refractivity contribution in [3.05, 3.63) is 0 Å². The van der Waals surface area contributed by atoms with Crippen molar-refractivity contribution in [3.63, 3.8) is 0 Å². The predicted molar refractivity (Wildman–Crippen MR) is 42.9 cm³/mol. The van der Waals surface area contributed by atoms with Gasteiger partial charge < -0.3 is 9.84 Å². The molecule has 2 unspecified atom stereocenters. The molecule has 0 bridgehead atoms. The number of rotatable bonds is 1. The largest absolute Gasteiger partial charge is 0.459 e. The summed E-state index contributed by atoms with van der Waals surface area (Å²) in [6.07, 6.45) is 1.76. The molecule has 4 nitrogen and oxygen atoms in total. The minimum absolute atomic E-state index is 0.00606. The summed E-state index contributed by atoms with van der Waals surface area (Å²) in [5, 5.41) is 8.83. The number of Topliss-reactive ketones (excluding diaryl/α,β-unsaturated/α-hetero) is 1. The van der Waals surface area contributed by atoms with E-state index in [0.29, 0.717) is 19.3 Å². The van der Waals surface area contributed by atoms with E-state index < -0.39 is 17.5 Å². The van der Waals surface area contributed by atoms with Crippen LogP contribution in [-0.4, -0.2) is 29.6 Å². The number of esters is 1. The molecule has 1 aliphatic carbocycles. The molecular weight excluding hydrogens is 172 g/mol. The molecule has 13 heavy (non-hydrogen) atoms. The van der Waals surface area contributed by atoms with Gasteiger partial charge in [-0.2, -0.15) is 0 Å². The first-order valence-electron chi connectivity index (χ1n) is 4.54. The van der Waals surface area contributed by atoms with Gasteiger partial charge in [-0.15, -0.1) is 0 Å². The van der Waals surface area contributed by atoms with E-state index in [2.05, 4.69) is 0 Å². The van der Waals surface area contributed by atoms with Crippen LogP contribution < -0.4 is 0 Å². The standard InChI is InChI=1S/C9H12O4/c10-5-6-4-9(8(12)13-6)3-1-2-7(9)11/h6,10H,1-5H2. The Hall–Kier alpha value is -0.900. The molecule has 2 rings (SSSR count). The van der Waals surface area contributed by atoms with Crippen LogP contribution in [0.15, 0.2) is 0 Å². The summed E-state index contributed by atoms with van der Waals surface area (Å²) in [4.78, 5) is 22.9. The number of ether oxygens (including phenoxy) is 1. The smallest absolute Gasteiger partial charge is 0.320 e. The van der Waals surface area contributed by atoms with Gasteiger partial charge in [-0.3, -0.25) is 9.59 Å². The monoisotopic (exact) mass is 184 g/mol. The molecule has 2 fully saturated rings. The fraction of sp³-hybridized carbons (Fsp3) is 0.778. The lowest BCUT2D eigenvalue weighted by Gasteiger charge is -2.14. The summed E-state index contributed by atoms with van der Waals surface area (Å²) < 4.78 is 4.91. The topological polar surface area (TPSA) is 63.6 Å². The van der Waals surface area contributed by atoms with Crippen molar-refractivity contribution in [2.75, 3.05) is 6.61 Å². The first-order valence-corrected chi connectivity index (χ1v) is 4.54. The molecule has 72 valence electrons. The Kier molecular flexibility index (Phi) is 1.87. The molecule has 1 heterocycles. The Labute approximate surface area is 75.9 Å². The van der Waals surface area contributed by atoms with Crippen LogP contribution >= 0.6 is 0 Å². The van der Waals surface area contributed by atoms with Gasteiger partial charge in [-0.25, -0.2) is 0 Å². The summed E-state index contributed by atoms with van der Waals surface area (Å²) in [6, 6.07) is 0. The number of hydrogen-bond acceptors (Lipinski definition) is 4. The van der Waals surface area contributed by atoms with E-state index >= 15 is 0 Å². The van der Waals surface area contributed by atoms with Gasteiger partial charge in [0.1, 0.15) is 17.3 Å². The minimum atomic E-state index is -0.882. The van der Waals surface area contributed by atoms with E-state index in [9.17, 15) is 9.59 Å². The lowest BCUT2D eigenvalue weighted by Crippen LogP contribution is -2.30. The molecule has 2 aliphatic rings. The van der Waals surface area contributed by atoms with Crippen molar-refractivity contribution < 1.29 is 19.4 Å². The van der Waals surface area contributed by atoms with Crippen LogP contribution in [0.5, 0.6) is 0 Å². The van der Waals surface area contributed by atoms with Gasteiger partial charge in [-0.1, -0.05) is 0 Å². The molecule has 0 aromatic carbocycles. The summed E-state index contributed by atoms with van der Waals surface area (Å²) in [7, 11) is 0. The van der Waals surface area contributed by atoms with Crippen LogP contribution in [0.25, 0.3) is 0 Å². The number of hydrogen-bond donors (Lipinski definition) is 1. The fourth-order valence-electron chi connectivity index (χ4n) is 2.24. The summed E-state index contributed by atoms with van der Waals surface area (Å²) in [5.41, 5.74) is -0.882. The zero-order valence-corrected chi connectivity index (χ0v) is 7.28. The van der Waals surface area contributed by atoms with Gasteiger partial charge in [0.2, 0.25) is 0 Å². The van der Waals surface area contributed by atoms with Gasteiger partial charge in [0, 0.05) is 12.8 Å². The SMILES string of the molecule is O=C1CCCC12CC(CO)OC2=O. The zero-order valence-electron chi connectivity index (χ0n) is 7.28. The summed E-state index contributed by atoms with van der Waals surface area (Å²) >= 11 is 0. The Morgan fingerprint density at radius 3 is 2.77 bits per heavy atom. The molecule has 4 heteroatoms. The maximum atomic E-state index is 11.5. The van der Waals surface area contributed by atoms with Crippen molar-refractivity contribution in [1.29, 1.82) is 0 Å². The second-order valence-corrected chi connectivity index (χ2v) is 3.77. The van der Waals surface area contributed by atoms with Crippen LogP contribution in [0.4, 0.5) is 0 Å². The third kappa shape index (κ3) is 1.09. The first-order chi connectivity index (χ1) is 6.19. The highest BCUT2D eigenvalue weighted by Gasteiger charge is 2.55. The number of carbonyl (C=O) groups excluding carboxylic acids is 2. The Bertz CT molecular complexity index is 260.